The van der Waals surface area contributed by atoms with Gasteiger partial charge in [-0.3, -0.25) is 4.79 Å². The first-order chi connectivity index (χ1) is 9.86. The zero-order chi connectivity index (χ0) is 15.6. The van der Waals surface area contributed by atoms with Crippen molar-refractivity contribution in [3.63, 3.8) is 0 Å². The van der Waals surface area contributed by atoms with Gasteiger partial charge in [0.1, 0.15) is 5.82 Å². The molecule has 0 aliphatic rings. The molecule has 0 saturated carbocycles. The van der Waals surface area contributed by atoms with Crippen molar-refractivity contribution < 1.29 is 9.18 Å². The predicted molar refractivity (Wildman–Crippen MR) is 85.9 cm³/mol. The maximum atomic E-state index is 13.6. The quantitative estimate of drug-likeness (QED) is 0.871. The molecule has 0 spiro atoms. The summed E-state index contributed by atoms with van der Waals surface area (Å²) in [7, 11) is 0. The summed E-state index contributed by atoms with van der Waals surface area (Å²) in [6.07, 6.45) is 0. The van der Waals surface area contributed by atoms with Gasteiger partial charge < -0.3 is 5.32 Å². The van der Waals surface area contributed by atoms with E-state index < -0.39 is 0 Å². The Morgan fingerprint density at radius 1 is 1.10 bits per heavy atom. The van der Waals surface area contributed by atoms with E-state index in [-0.39, 0.29) is 11.7 Å². The molecular formula is C17H17BrFNO. The largest absolute Gasteiger partial charge is 0.348 e. The predicted octanol–water partition coefficient (Wildman–Crippen LogP) is 4.44. The van der Waals surface area contributed by atoms with Crippen LogP contribution in [0.2, 0.25) is 0 Å². The molecule has 21 heavy (non-hydrogen) atoms. The van der Waals surface area contributed by atoms with Crippen molar-refractivity contribution >= 4 is 21.8 Å². The van der Waals surface area contributed by atoms with Crippen molar-refractivity contribution in [1.82, 2.24) is 5.32 Å². The zero-order valence-corrected chi connectivity index (χ0v) is 13.8. The minimum absolute atomic E-state index is 0.140. The van der Waals surface area contributed by atoms with E-state index in [1.165, 1.54) is 0 Å². The number of aryl methyl sites for hydroxylation is 3. The Labute approximate surface area is 132 Å². The third-order valence-corrected chi connectivity index (χ3v) is 3.71. The van der Waals surface area contributed by atoms with Gasteiger partial charge in [-0.25, -0.2) is 4.39 Å². The lowest BCUT2D eigenvalue weighted by Gasteiger charge is -2.09. The summed E-state index contributed by atoms with van der Waals surface area (Å²) in [6.45, 7) is 5.78. The van der Waals surface area contributed by atoms with Crippen LogP contribution in [0.25, 0.3) is 0 Å². The van der Waals surface area contributed by atoms with Gasteiger partial charge >= 0.3 is 0 Å². The zero-order valence-electron chi connectivity index (χ0n) is 12.3. The molecule has 1 amide bonds. The third-order valence-electron chi connectivity index (χ3n) is 3.25. The molecule has 2 nitrogen and oxygen atoms in total. The summed E-state index contributed by atoms with van der Waals surface area (Å²) in [5.74, 6) is -0.327. The maximum Gasteiger partial charge on any atom is 0.251 e. The summed E-state index contributed by atoms with van der Waals surface area (Å²) >= 11 is 3.38. The van der Waals surface area contributed by atoms with Gasteiger partial charge in [-0.15, -0.1) is 0 Å². The van der Waals surface area contributed by atoms with Gasteiger partial charge in [0, 0.05) is 16.6 Å². The first kappa shape index (κ1) is 15.7. The van der Waals surface area contributed by atoms with Crippen LogP contribution in [-0.4, -0.2) is 5.91 Å². The van der Waals surface area contributed by atoms with Crippen LogP contribution in [-0.2, 0) is 6.54 Å². The van der Waals surface area contributed by atoms with Crippen LogP contribution in [0.3, 0.4) is 0 Å². The number of carbonyl (C=O) groups excluding carboxylic acids is 1. The molecule has 0 aromatic heterocycles. The second-order valence-corrected chi connectivity index (χ2v) is 6.16. The Morgan fingerprint density at radius 2 is 1.71 bits per heavy atom. The number of hydrogen-bond acceptors (Lipinski definition) is 1. The molecule has 0 fully saturated rings. The smallest absolute Gasteiger partial charge is 0.251 e. The van der Waals surface area contributed by atoms with Gasteiger partial charge in [0.05, 0.1) is 0 Å². The van der Waals surface area contributed by atoms with Crippen LogP contribution < -0.4 is 5.32 Å². The molecule has 0 radical (unpaired) electrons. The molecule has 0 aliphatic heterocycles. The Balaban J connectivity index is 2.11. The summed E-state index contributed by atoms with van der Waals surface area (Å²) in [6, 6.07) is 9.08. The van der Waals surface area contributed by atoms with Gasteiger partial charge in [-0.05, 0) is 61.2 Å². The normalized spacial score (nSPS) is 10.5. The fourth-order valence-electron chi connectivity index (χ4n) is 2.29. The average molecular weight is 350 g/mol. The second kappa shape index (κ2) is 6.39. The van der Waals surface area contributed by atoms with Crippen LogP contribution in [0.15, 0.2) is 34.8 Å². The average Bonchev–Trinajstić information content (AvgIpc) is 2.40. The van der Waals surface area contributed by atoms with Crippen molar-refractivity contribution in [3.05, 3.63) is 68.4 Å². The van der Waals surface area contributed by atoms with Crippen molar-refractivity contribution in [3.8, 4) is 0 Å². The van der Waals surface area contributed by atoms with Crippen molar-refractivity contribution in [2.45, 2.75) is 27.3 Å². The van der Waals surface area contributed by atoms with E-state index in [0.29, 0.717) is 23.2 Å². The highest BCUT2D eigenvalue weighted by atomic mass is 79.9. The first-order valence-electron chi connectivity index (χ1n) is 6.68. The Bertz CT molecular complexity index is 654. The second-order valence-electron chi connectivity index (χ2n) is 5.24. The molecule has 1 N–H and O–H groups in total. The fraction of sp³-hybridized carbons (Fsp3) is 0.235. The van der Waals surface area contributed by atoms with Gasteiger partial charge in [0.25, 0.3) is 5.91 Å². The molecule has 0 bridgehead atoms. The number of hydrogen-bond donors (Lipinski definition) is 1. The summed E-state index contributed by atoms with van der Waals surface area (Å²) < 4.78 is 14.4. The molecule has 110 valence electrons. The maximum absolute atomic E-state index is 13.6. The van der Waals surface area contributed by atoms with E-state index >= 15 is 0 Å². The highest BCUT2D eigenvalue weighted by Crippen LogP contribution is 2.17. The lowest BCUT2D eigenvalue weighted by Crippen LogP contribution is -2.23. The number of amides is 1. The molecule has 0 atom stereocenters. The van der Waals surface area contributed by atoms with E-state index in [1.54, 1.807) is 32.0 Å². The molecule has 0 saturated heterocycles. The molecule has 2 aromatic rings. The monoisotopic (exact) mass is 349 g/mol. The van der Waals surface area contributed by atoms with Crippen LogP contribution in [0.1, 0.15) is 32.6 Å². The Kier molecular flexibility index (Phi) is 4.78. The van der Waals surface area contributed by atoms with E-state index in [1.807, 2.05) is 19.1 Å². The topological polar surface area (TPSA) is 29.1 Å². The summed E-state index contributed by atoms with van der Waals surface area (Å²) in [4.78, 5) is 12.2. The molecule has 4 heteroatoms. The molecular weight excluding hydrogens is 333 g/mol. The molecule has 2 rings (SSSR count). The highest BCUT2D eigenvalue weighted by Gasteiger charge is 2.09. The van der Waals surface area contributed by atoms with Crippen LogP contribution in [0, 0.1) is 26.6 Å². The summed E-state index contributed by atoms with van der Waals surface area (Å²) in [5, 5.41) is 2.86. The van der Waals surface area contributed by atoms with Crippen molar-refractivity contribution in [2.24, 2.45) is 0 Å². The van der Waals surface area contributed by atoms with E-state index in [2.05, 4.69) is 21.2 Å². The third kappa shape index (κ3) is 3.91. The molecule has 2 aromatic carbocycles. The van der Waals surface area contributed by atoms with Gasteiger partial charge in [-0.2, -0.15) is 0 Å². The van der Waals surface area contributed by atoms with Gasteiger partial charge in [0.15, 0.2) is 0 Å². The Morgan fingerprint density at radius 3 is 2.29 bits per heavy atom. The molecule has 0 unspecified atom stereocenters. The van der Waals surface area contributed by atoms with E-state index in [4.69, 9.17) is 0 Å². The number of halogens is 2. The minimum Gasteiger partial charge on any atom is -0.348 e. The standard InChI is InChI=1S/C17H17BrFNO/c1-10-4-14(8-15(18)5-10)17(21)20-9-13-6-11(2)16(19)12(3)7-13/h4-8H,9H2,1-3H3,(H,20,21). The first-order valence-corrected chi connectivity index (χ1v) is 7.47. The summed E-state index contributed by atoms with van der Waals surface area (Å²) in [5.41, 5.74) is 3.71. The van der Waals surface area contributed by atoms with Crippen molar-refractivity contribution in [1.29, 1.82) is 0 Å². The number of rotatable bonds is 3. The Hall–Kier alpha value is -1.68. The highest BCUT2D eigenvalue weighted by molar-refractivity contribution is 9.10. The van der Waals surface area contributed by atoms with Gasteiger partial charge in [-0.1, -0.05) is 28.1 Å². The molecule has 0 heterocycles. The van der Waals surface area contributed by atoms with E-state index in [9.17, 15) is 9.18 Å². The number of benzene rings is 2. The lowest BCUT2D eigenvalue weighted by molar-refractivity contribution is 0.0950. The van der Waals surface area contributed by atoms with Gasteiger partial charge in [0.2, 0.25) is 0 Å². The minimum atomic E-state index is -0.187. The van der Waals surface area contributed by atoms with Crippen LogP contribution in [0.4, 0.5) is 4.39 Å². The van der Waals surface area contributed by atoms with Crippen LogP contribution >= 0.6 is 15.9 Å². The molecule has 0 aliphatic carbocycles. The van der Waals surface area contributed by atoms with Crippen molar-refractivity contribution in [2.75, 3.05) is 0 Å². The SMILES string of the molecule is Cc1cc(Br)cc(C(=O)NCc2cc(C)c(F)c(C)c2)c1. The van der Waals surface area contributed by atoms with Crippen LogP contribution in [0.5, 0.6) is 0 Å². The number of carbonyl (C=O) groups is 1. The van der Waals surface area contributed by atoms with E-state index in [0.717, 1.165) is 15.6 Å². The lowest BCUT2D eigenvalue weighted by atomic mass is 10.1. The number of nitrogens with one attached hydrogen (secondary N) is 1. The fourth-order valence-corrected chi connectivity index (χ4v) is 2.90.